The smallest absolute Gasteiger partial charge is 0.271 e. The Hall–Kier alpha value is -3.90. The molecule has 2 heterocycles. The molecule has 3 aromatic carbocycles. The predicted molar refractivity (Wildman–Crippen MR) is 146 cm³/mol. The van der Waals surface area contributed by atoms with Crippen LogP contribution in [0, 0.1) is 33.5 Å². The van der Waals surface area contributed by atoms with Gasteiger partial charge in [0.25, 0.3) is 5.91 Å². The van der Waals surface area contributed by atoms with Crippen LogP contribution in [0.5, 0.6) is 0 Å². The van der Waals surface area contributed by atoms with Crippen molar-refractivity contribution in [2.45, 2.75) is 27.7 Å². The summed E-state index contributed by atoms with van der Waals surface area (Å²) in [6, 6.07) is 21.9. The number of nitrogens with zero attached hydrogens (tertiary/aromatic N) is 2. The number of thioether (sulfide) groups is 1. The van der Waals surface area contributed by atoms with Gasteiger partial charge in [-0.2, -0.15) is 0 Å². The lowest BCUT2D eigenvalue weighted by Crippen LogP contribution is -2.28. The summed E-state index contributed by atoms with van der Waals surface area (Å²) in [6.45, 7) is 8.10. The largest absolute Gasteiger partial charge is 0.457 e. The number of carbonyl (C=O) groups is 1. The van der Waals surface area contributed by atoms with Crippen molar-refractivity contribution in [3.63, 3.8) is 0 Å². The van der Waals surface area contributed by atoms with Crippen molar-refractivity contribution in [3.05, 3.63) is 112 Å². The van der Waals surface area contributed by atoms with E-state index in [2.05, 4.69) is 12.1 Å². The third-order valence-corrected chi connectivity index (χ3v) is 6.70. The first-order valence-electron chi connectivity index (χ1n) is 11.6. The van der Waals surface area contributed by atoms with Crippen LogP contribution < -0.4 is 4.90 Å². The van der Waals surface area contributed by atoms with E-state index in [1.165, 1.54) is 23.9 Å². The first kappa shape index (κ1) is 23.8. The summed E-state index contributed by atoms with van der Waals surface area (Å²) >= 11 is 1.32. The van der Waals surface area contributed by atoms with Gasteiger partial charge in [-0.15, -0.1) is 0 Å². The van der Waals surface area contributed by atoms with Gasteiger partial charge in [0.1, 0.15) is 17.3 Å². The van der Waals surface area contributed by atoms with E-state index in [0.29, 0.717) is 21.6 Å². The number of amides is 1. The number of halogens is 1. The number of hydrogen-bond donors (Lipinski definition) is 0. The first-order chi connectivity index (χ1) is 17.2. The number of amidine groups is 1. The minimum absolute atomic E-state index is 0.159. The number of aliphatic imine (C=N–C) groups is 1. The number of anilines is 1. The van der Waals surface area contributed by atoms with Crippen LogP contribution in [0.2, 0.25) is 0 Å². The standard InChI is InChI=1S/C30H25FN2O2S/c1-18-11-19(2)14-24(13-18)32-30-33(25-15-20(3)12-21(4)16-25)29(34)28(36-30)17-26-9-10-27(35-26)22-5-7-23(31)8-6-22/h5-17H,1-4H3. The Labute approximate surface area is 214 Å². The van der Waals surface area contributed by atoms with Crippen LogP contribution in [-0.2, 0) is 4.79 Å². The zero-order valence-corrected chi connectivity index (χ0v) is 21.3. The lowest BCUT2D eigenvalue weighted by Gasteiger charge is -2.17. The molecular weight excluding hydrogens is 471 g/mol. The van der Waals surface area contributed by atoms with E-state index in [-0.39, 0.29) is 11.7 Å². The Kier molecular flexibility index (Phi) is 6.37. The van der Waals surface area contributed by atoms with Crippen molar-refractivity contribution in [3.8, 4) is 11.3 Å². The van der Waals surface area contributed by atoms with Gasteiger partial charge in [0.15, 0.2) is 5.17 Å². The Bertz CT molecular complexity index is 1490. The Morgan fingerprint density at radius 1 is 0.833 bits per heavy atom. The third-order valence-electron chi connectivity index (χ3n) is 5.73. The molecule has 1 aliphatic rings. The molecule has 180 valence electrons. The van der Waals surface area contributed by atoms with Crippen LogP contribution in [0.1, 0.15) is 28.0 Å². The molecule has 0 atom stereocenters. The quantitative estimate of drug-likeness (QED) is 0.268. The number of rotatable bonds is 4. The summed E-state index contributed by atoms with van der Waals surface area (Å²) in [5.41, 5.74) is 6.71. The zero-order chi connectivity index (χ0) is 25.4. The van der Waals surface area contributed by atoms with Crippen molar-refractivity contribution in [1.82, 2.24) is 0 Å². The van der Waals surface area contributed by atoms with E-state index in [4.69, 9.17) is 9.41 Å². The maximum absolute atomic E-state index is 13.7. The van der Waals surface area contributed by atoms with Gasteiger partial charge < -0.3 is 4.42 Å². The molecule has 1 aliphatic heterocycles. The molecule has 1 aromatic heterocycles. The van der Waals surface area contributed by atoms with Crippen LogP contribution in [-0.4, -0.2) is 11.1 Å². The molecule has 0 bridgehead atoms. The summed E-state index contributed by atoms with van der Waals surface area (Å²) < 4.78 is 19.2. The van der Waals surface area contributed by atoms with Crippen molar-refractivity contribution < 1.29 is 13.6 Å². The molecule has 1 fully saturated rings. The molecule has 5 rings (SSSR count). The van der Waals surface area contributed by atoms with Crippen LogP contribution in [0.25, 0.3) is 17.4 Å². The summed E-state index contributed by atoms with van der Waals surface area (Å²) in [5.74, 6) is 0.682. The summed E-state index contributed by atoms with van der Waals surface area (Å²) in [5, 5.41) is 0.589. The monoisotopic (exact) mass is 496 g/mol. The zero-order valence-electron chi connectivity index (χ0n) is 20.5. The van der Waals surface area contributed by atoms with Gasteiger partial charge in [-0.05, 0) is 122 Å². The van der Waals surface area contributed by atoms with Crippen LogP contribution in [0.4, 0.5) is 15.8 Å². The fourth-order valence-electron chi connectivity index (χ4n) is 4.31. The van der Waals surface area contributed by atoms with E-state index in [1.54, 1.807) is 29.2 Å². The molecule has 6 heteroatoms. The molecule has 0 radical (unpaired) electrons. The average molecular weight is 497 g/mol. The first-order valence-corrected chi connectivity index (χ1v) is 12.4. The highest BCUT2D eigenvalue weighted by Crippen LogP contribution is 2.38. The molecule has 0 aliphatic carbocycles. The van der Waals surface area contributed by atoms with Gasteiger partial charge in [0.2, 0.25) is 0 Å². The maximum atomic E-state index is 13.7. The lowest BCUT2D eigenvalue weighted by molar-refractivity contribution is -0.113. The lowest BCUT2D eigenvalue weighted by atomic mass is 10.1. The highest BCUT2D eigenvalue weighted by molar-refractivity contribution is 8.19. The van der Waals surface area contributed by atoms with Gasteiger partial charge in [-0.1, -0.05) is 12.1 Å². The molecule has 4 aromatic rings. The summed E-state index contributed by atoms with van der Waals surface area (Å²) in [6.07, 6.45) is 1.74. The second-order valence-electron chi connectivity index (χ2n) is 9.05. The van der Waals surface area contributed by atoms with Gasteiger partial charge in [-0.3, -0.25) is 9.69 Å². The second kappa shape index (κ2) is 9.63. The van der Waals surface area contributed by atoms with Crippen molar-refractivity contribution >= 4 is 40.3 Å². The number of carbonyl (C=O) groups excluding carboxylic acids is 1. The van der Waals surface area contributed by atoms with E-state index >= 15 is 0 Å². The topological polar surface area (TPSA) is 45.8 Å². The average Bonchev–Trinajstić information content (AvgIpc) is 3.37. The normalized spacial score (nSPS) is 15.9. The molecular formula is C30H25FN2O2S. The van der Waals surface area contributed by atoms with E-state index < -0.39 is 0 Å². The van der Waals surface area contributed by atoms with E-state index in [0.717, 1.165) is 39.2 Å². The maximum Gasteiger partial charge on any atom is 0.271 e. The van der Waals surface area contributed by atoms with Gasteiger partial charge in [0, 0.05) is 11.6 Å². The fourth-order valence-corrected chi connectivity index (χ4v) is 5.29. The van der Waals surface area contributed by atoms with Gasteiger partial charge in [-0.25, -0.2) is 9.38 Å². The van der Waals surface area contributed by atoms with Gasteiger partial charge in [0.05, 0.1) is 16.3 Å². The van der Waals surface area contributed by atoms with Gasteiger partial charge >= 0.3 is 0 Å². The molecule has 0 unspecified atom stereocenters. The molecule has 1 saturated heterocycles. The number of furan rings is 1. The Morgan fingerprint density at radius 2 is 1.44 bits per heavy atom. The minimum atomic E-state index is -0.303. The van der Waals surface area contributed by atoms with E-state index in [9.17, 15) is 9.18 Å². The molecule has 0 N–H and O–H groups in total. The molecule has 36 heavy (non-hydrogen) atoms. The summed E-state index contributed by atoms with van der Waals surface area (Å²) in [7, 11) is 0. The number of hydrogen-bond acceptors (Lipinski definition) is 4. The predicted octanol–water partition coefficient (Wildman–Crippen LogP) is 8.13. The SMILES string of the molecule is Cc1cc(C)cc(N=C2SC(=Cc3ccc(-c4ccc(F)cc4)o3)C(=O)N2c2cc(C)cc(C)c2)c1. The van der Waals surface area contributed by atoms with Crippen LogP contribution in [0.3, 0.4) is 0 Å². The van der Waals surface area contributed by atoms with E-state index in [1.807, 2.05) is 58.0 Å². The Balaban J connectivity index is 1.55. The van der Waals surface area contributed by atoms with Crippen molar-refractivity contribution in [2.75, 3.05) is 4.90 Å². The Morgan fingerprint density at radius 3 is 2.08 bits per heavy atom. The van der Waals surface area contributed by atoms with Crippen molar-refractivity contribution in [1.29, 1.82) is 0 Å². The molecule has 0 spiro atoms. The third kappa shape index (κ3) is 5.04. The molecule has 4 nitrogen and oxygen atoms in total. The van der Waals surface area contributed by atoms with Crippen LogP contribution >= 0.6 is 11.8 Å². The summed E-state index contributed by atoms with van der Waals surface area (Å²) in [4.78, 5) is 20.7. The highest BCUT2D eigenvalue weighted by atomic mass is 32.2. The highest BCUT2D eigenvalue weighted by Gasteiger charge is 2.35. The molecule has 0 saturated carbocycles. The number of benzene rings is 3. The molecule has 1 amide bonds. The second-order valence-corrected chi connectivity index (χ2v) is 10.1. The minimum Gasteiger partial charge on any atom is -0.457 e. The number of aryl methyl sites for hydroxylation is 4. The fraction of sp³-hybridized carbons (Fsp3) is 0.133. The van der Waals surface area contributed by atoms with Crippen LogP contribution in [0.15, 0.2) is 87.1 Å². The van der Waals surface area contributed by atoms with Crippen molar-refractivity contribution in [2.24, 2.45) is 4.99 Å².